The van der Waals surface area contributed by atoms with Gasteiger partial charge in [-0.3, -0.25) is 9.63 Å². The Morgan fingerprint density at radius 1 is 1.56 bits per heavy atom. The highest BCUT2D eigenvalue weighted by atomic mass is 127. The number of hydrogen-bond acceptors (Lipinski definition) is 3. The molecule has 0 aliphatic rings. The van der Waals surface area contributed by atoms with Crippen molar-refractivity contribution in [3.63, 3.8) is 0 Å². The van der Waals surface area contributed by atoms with E-state index in [1.165, 1.54) is 6.07 Å². The van der Waals surface area contributed by atoms with E-state index in [1.807, 2.05) is 13.8 Å². The summed E-state index contributed by atoms with van der Waals surface area (Å²) in [6, 6.07) is 4.81. The molecular formula is C11H14INO3. The number of amides is 1. The lowest BCUT2D eigenvalue weighted by molar-refractivity contribution is 0.0207. The first-order valence-electron chi connectivity index (χ1n) is 4.91. The van der Waals surface area contributed by atoms with Gasteiger partial charge in [-0.1, -0.05) is 13.8 Å². The number of phenolic OH excluding ortho intramolecular Hbond substituents is 1. The summed E-state index contributed by atoms with van der Waals surface area (Å²) in [7, 11) is 0. The fourth-order valence-electron chi connectivity index (χ4n) is 1.02. The van der Waals surface area contributed by atoms with Crippen LogP contribution < -0.4 is 5.48 Å². The van der Waals surface area contributed by atoms with Gasteiger partial charge in [-0.25, -0.2) is 5.48 Å². The molecule has 16 heavy (non-hydrogen) atoms. The molecule has 0 aromatic heterocycles. The Morgan fingerprint density at radius 3 is 2.88 bits per heavy atom. The smallest absolute Gasteiger partial charge is 0.278 e. The summed E-state index contributed by atoms with van der Waals surface area (Å²) in [4.78, 5) is 16.6. The van der Waals surface area contributed by atoms with Gasteiger partial charge in [0, 0.05) is 3.57 Å². The SMILES string of the molecule is CC(C)CONC(=O)c1cc(I)ccc1O. The lowest BCUT2D eigenvalue weighted by atomic mass is 10.2. The lowest BCUT2D eigenvalue weighted by Crippen LogP contribution is -2.25. The van der Waals surface area contributed by atoms with Crippen LogP contribution in [-0.4, -0.2) is 17.6 Å². The van der Waals surface area contributed by atoms with Crippen molar-refractivity contribution in [3.8, 4) is 5.75 Å². The van der Waals surface area contributed by atoms with Crippen LogP contribution in [0.2, 0.25) is 0 Å². The maximum absolute atomic E-state index is 11.6. The minimum absolute atomic E-state index is 0.0499. The van der Waals surface area contributed by atoms with Crippen molar-refractivity contribution in [2.24, 2.45) is 5.92 Å². The van der Waals surface area contributed by atoms with Gasteiger partial charge >= 0.3 is 0 Å². The number of hydroxylamine groups is 1. The minimum Gasteiger partial charge on any atom is -0.507 e. The molecule has 0 atom stereocenters. The van der Waals surface area contributed by atoms with Crippen LogP contribution in [0, 0.1) is 9.49 Å². The molecule has 2 N–H and O–H groups in total. The highest BCUT2D eigenvalue weighted by Crippen LogP contribution is 2.19. The molecule has 4 nitrogen and oxygen atoms in total. The van der Waals surface area contributed by atoms with Crippen LogP contribution in [0.15, 0.2) is 18.2 Å². The summed E-state index contributed by atoms with van der Waals surface area (Å²) < 4.78 is 0.879. The number of aromatic hydroxyl groups is 1. The zero-order valence-corrected chi connectivity index (χ0v) is 11.3. The Balaban J connectivity index is 2.62. The van der Waals surface area contributed by atoms with E-state index in [9.17, 15) is 9.90 Å². The summed E-state index contributed by atoms with van der Waals surface area (Å²) in [6.07, 6.45) is 0. The Hall–Kier alpha value is -0.820. The van der Waals surface area contributed by atoms with Crippen molar-refractivity contribution >= 4 is 28.5 Å². The van der Waals surface area contributed by atoms with E-state index < -0.39 is 5.91 Å². The first-order chi connectivity index (χ1) is 7.50. The third-order valence-electron chi connectivity index (χ3n) is 1.78. The normalized spacial score (nSPS) is 10.5. The molecule has 0 bridgehead atoms. The number of halogens is 1. The largest absolute Gasteiger partial charge is 0.507 e. The van der Waals surface area contributed by atoms with Crippen molar-refractivity contribution in [1.82, 2.24) is 5.48 Å². The molecule has 5 heteroatoms. The van der Waals surface area contributed by atoms with E-state index in [1.54, 1.807) is 12.1 Å². The minimum atomic E-state index is -0.434. The quantitative estimate of drug-likeness (QED) is 0.656. The predicted octanol–water partition coefficient (Wildman–Crippen LogP) is 2.31. The first kappa shape index (κ1) is 13.2. The van der Waals surface area contributed by atoms with E-state index in [0.717, 1.165) is 3.57 Å². The standard InChI is InChI=1S/C11H14INO3/c1-7(2)6-16-13-11(15)9-5-8(12)3-4-10(9)14/h3-5,7,14H,6H2,1-2H3,(H,13,15). The Bertz CT molecular complexity index is 379. The third-order valence-corrected chi connectivity index (χ3v) is 2.46. The molecule has 0 radical (unpaired) electrons. The van der Waals surface area contributed by atoms with Crippen LogP contribution in [0.5, 0.6) is 5.75 Å². The lowest BCUT2D eigenvalue weighted by Gasteiger charge is -2.09. The fourth-order valence-corrected chi connectivity index (χ4v) is 1.51. The van der Waals surface area contributed by atoms with Crippen LogP contribution in [0.3, 0.4) is 0 Å². The average molecular weight is 335 g/mol. The molecule has 0 spiro atoms. The Labute approximate surface area is 108 Å². The molecule has 1 amide bonds. The maximum atomic E-state index is 11.6. The van der Waals surface area contributed by atoms with Crippen LogP contribution in [0.4, 0.5) is 0 Å². The van der Waals surface area contributed by atoms with Gasteiger partial charge in [0.1, 0.15) is 5.75 Å². The summed E-state index contributed by atoms with van der Waals surface area (Å²) in [5.41, 5.74) is 2.51. The molecule has 1 aromatic carbocycles. The number of nitrogens with one attached hydrogen (secondary N) is 1. The highest BCUT2D eigenvalue weighted by Gasteiger charge is 2.11. The number of carbonyl (C=O) groups is 1. The zero-order valence-electron chi connectivity index (χ0n) is 9.16. The maximum Gasteiger partial charge on any atom is 0.278 e. The van der Waals surface area contributed by atoms with Gasteiger partial charge in [0.05, 0.1) is 12.2 Å². The van der Waals surface area contributed by atoms with Crippen molar-refractivity contribution in [3.05, 3.63) is 27.3 Å². The van der Waals surface area contributed by atoms with Gasteiger partial charge in [-0.05, 0) is 46.7 Å². The summed E-state index contributed by atoms with van der Waals surface area (Å²) in [5, 5.41) is 9.49. The van der Waals surface area contributed by atoms with E-state index >= 15 is 0 Å². The van der Waals surface area contributed by atoms with Crippen LogP contribution >= 0.6 is 22.6 Å². The monoisotopic (exact) mass is 335 g/mol. The summed E-state index contributed by atoms with van der Waals surface area (Å²) in [6.45, 7) is 4.40. The van der Waals surface area contributed by atoms with Crippen molar-refractivity contribution in [2.75, 3.05) is 6.61 Å². The topological polar surface area (TPSA) is 58.6 Å². The Morgan fingerprint density at radius 2 is 2.25 bits per heavy atom. The predicted molar refractivity (Wildman–Crippen MR) is 69.1 cm³/mol. The molecule has 0 fully saturated rings. The molecule has 0 saturated heterocycles. The second-order valence-electron chi connectivity index (χ2n) is 3.80. The van der Waals surface area contributed by atoms with Gasteiger partial charge in [0.25, 0.3) is 5.91 Å². The second-order valence-corrected chi connectivity index (χ2v) is 5.04. The molecule has 0 heterocycles. The number of phenols is 1. The number of benzene rings is 1. The zero-order chi connectivity index (χ0) is 12.1. The summed E-state index contributed by atoms with van der Waals surface area (Å²) in [5.74, 6) is -0.146. The number of rotatable bonds is 4. The first-order valence-corrected chi connectivity index (χ1v) is 5.99. The van der Waals surface area contributed by atoms with Gasteiger partial charge in [0.2, 0.25) is 0 Å². The second kappa shape index (κ2) is 6.05. The van der Waals surface area contributed by atoms with Crippen LogP contribution in [0.25, 0.3) is 0 Å². The molecule has 0 aliphatic heterocycles. The van der Waals surface area contributed by atoms with E-state index in [4.69, 9.17) is 4.84 Å². The third kappa shape index (κ3) is 3.97. The Kier molecular flexibility index (Phi) is 5.01. The van der Waals surface area contributed by atoms with Gasteiger partial charge < -0.3 is 5.11 Å². The van der Waals surface area contributed by atoms with E-state index in [0.29, 0.717) is 12.5 Å². The van der Waals surface area contributed by atoms with Crippen LogP contribution in [-0.2, 0) is 4.84 Å². The molecule has 1 rings (SSSR count). The number of hydrogen-bond donors (Lipinski definition) is 2. The average Bonchev–Trinajstić information content (AvgIpc) is 2.21. The molecule has 0 aliphatic carbocycles. The molecule has 0 unspecified atom stereocenters. The molecule has 1 aromatic rings. The van der Waals surface area contributed by atoms with Crippen LogP contribution in [0.1, 0.15) is 24.2 Å². The highest BCUT2D eigenvalue weighted by molar-refractivity contribution is 14.1. The van der Waals surface area contributed by atoms with Crippen molar-refractivity contribution in [1.29, 1.82) is 0 Å². The molecular weight excluding hydrogens is 321 g/mol. The van der Waals surface area contributed by atoms with Gasteiger partial charge in [0.15, 0.2) is 0 Å². The summed E-state index contributed by atoms with van der Waals surface area (Å²) >= 11 is 2.07. The van der Waals surface area contributed by atoms with Crippen molar-refractivity contribution in [2.45, 2.75) is 13.8 Å². The fraction of sp³-hybridized carbons (Fsp3) is 0.364. The van der Waals surface area contributed by atoms with E-state index in [-0.39, 0.29) is 11.3 Å². The van der Waals surface area contributed by atoms with Gasteiger partial charge in [-0.15, -0.1) is 0 Å². The van der Waals surface area contributed by atoms with E-state index in [2.05, 4.69) is 28.1 Å². The number of carbonyl (C=O) groups excluding carboxylic acids is 1. The molecule has 88 valence electrons. The molecule has 0 saturated carbocycles. The van der Waals surface area contributed by atoms with Gasteiger partial charge in [-0.2, -0.15) is 0 Å². The van der Waals surface area contributed by atoms with Crippen molar-refractivity contribution < 1.29 is 14.7 Å².